The maximum atomic E-state index is 12.5. The Labute approximate surface area is 115 Å². The van der Waals surface area contributed by atoms with E-state index < -0.39 is 11.9 Å². The van der Waals surface area contributed by atoms with Gasteiger partial charge in [0, 0.05) is 25.7 Å². The van der Waals surface area contributed by atoms with Crippen molar-refractivity contribution < 1.29 is 14.7 Å². The Morgan fingerprint density at radius 3 is 2.53 bits per heavy atom. The maximum Gasteiger partial charge on any atom is 0.320 e. The summed E-state index contributed by atoms with van der Waals surface area (Å²) in [6, 6.07) is 0.223. The molecular formula is C14H26N2O3. The highest BCUT2D eigenvalue weighted by molar-refractivity contribution is 5.76. The van der Waals surface area contributed by atoms with Crippen LogP contribution < -0.4 is 0 Å². The van der Waals surface area contributed by atoms with Crippen molar-refractivity contribution in [2.24, 2.45) is 11.8 Å². The second kappa shape index (κ2) is 6.78. The minimum Gasteiger partial charge on any atom is -0.481 e. The lowest BCUT2D eigenvalue weighted by atomic mass is 9.94. The van der Waals surface area contributed by atoms with Gasteiger partial charge < -0.3 is 14.9 Å². The number of nitrogens with zero attached hydrogens (tertiary/aromatic N) is 2. The number of hydrogen-bond acceptors (Lipinski definition) is 2. The van der Waals surface area contributed by atoms with Gasteiger partial charge in [-0.1, -0.05) is 13.8 Å². The molecule has 1 saturated heterocycles. The van der Waals surface area contributed by atoms with E-state index in [2.05, 4.69) is 13.8 Å². The molecule has 0 bridgehead atoms. The molecule has 19 heavy (non-hydrogen) atoms. The second-order valence-electron chi connectivity index (χ2n) is 5.73. The lowest BCUT2D eigenvalue weighted by molar-refractivity contribution is -0.141. The zero-order valence-electron chi connectivity index (χ0n) is 12.4. The van der Waals surface area contributed by atoms with Gasteiger partial charge in [0.25, 0.3) is 0 Å². The van der Waals surface area contributed by atoms with E-state index in [1.165, 1.54) is 0 Å². The van der Waals surface area contributed by atoms with Crippen LogP contribution in [0.4, 0.5) is 4.79 Å². The number of carboxylic acid groups (broad SMARTS) is 1. The fourth-order valence-corrected chi connectivity index (χ4v) is 2.62. The third kappa shape index (κ3) is 4.11. The van der Waals surface area contributed by atoms with E-state index in [4.69, 9.17) is 5.11 Å². The Balaban J connectivity index is 2.65. The SMILES string of the molecule is CCN(CC(C)C(=O)O)C(=O)N1CCC(C)CC1C. The van der Waals surface area contributed by atoms with Crippen LogP contribution >= 0.6 is 0 Å². The smallest absolute Gasteiger partial charge is 0.320 e. The van der Waals surface area contributed by atoms with Crippen molar-refractivity contribution in [3.05, 3.63) is 0 Å². The van der Waals surface area contributed by atoms with E-state index in [9.17, 15) is 9.59 Å². The van der Waals surface area contributed by atoms with Gasteiger partial charge in [-0.15, -0.1) is 0 Å². The third-order valence-electron chi connectivity index (χ3n) is 3.95. The topological polar surface area (TPSA) is 60.9 Å². The highest BCUT2D eigenvalue weighted by atomic mass is 16.4. The van der Waals surface area contributed by atoms with Crippen LogP contribution in [0.2, 0.25) is 0 Å². The van der Waals surface area contributed by atoms with Crippen LogP contribution in [0, 0.1) is 11.8 Å². The molecule has 1 N–H and O–H groups in total. The van der Waals surface area contributed by atoms with Gasteiger partial charge in [0.05, 0.1) is 5.92 Å². The Morgan fingerprint density at radius 1 is 1.42 bits per heavy atom. The van der Waals surface area contributed by atoms with Crippen LogP contribution in [0.3, 0.4) is 0 Å². The molecule has 0 aromatic rings. The summed E-state index contributed by atoms with van der Waals surface area (Å²) in [4.78, 5) is 26.9. The van der Waals surface area contributed by atoms with Crippen molar-refractivity contribution in [3.8, 4) is 0 Å². The fourth-order valence-electron chi connectivity index (χ4n) is 2.62. The Kier molecular flexibility index (Phi) is 5.63. The number of urea groups is 1. The monoisotopic (exact) mass is 270 g/mol. The number of amides is 2. The molecule has 1 fully saturated rings. The largest absolute Gasteiger partial charge is 0.481 e. The predicted molar refractivity (Wildman–Crippen MR) is 74.0 cm³/mol. The minimum absolute atomic E-state index is 0.0185. The lowest BCUT2D eigenvalue weighted by Crippen LogP contribution is -2.51. The van der Waals surface area contributed by atoms with E-state index >= 15 is 0 Å². The van der Waals surface area contributed by atoms with E-state index in [-0.39, 0.29) is 18.6 Å². The summed E-state index contributed by atoms with van der Waals surface area (Å²) in [6.07, 6.45) is 2.06. The molecule has 110 valence electrons. The van der Waals surface area contributed by atoms with Crippen LogP contribution in [-0.4, -0.2) is 52.6 Å². The molecule has 3 atom stereocenters. The normalized spacial score (nSPS) is 24.9. The number of piperidine rings is 1. The predicted octanol–water partition coefficient (Wildman–Crippen LogP) is 2.27. The van der Waals surface area contributed by atoms with E-state index in [0.717, 1.165) is 19.4 Å². The average molecular weight is 270 g/mol. The van der Waals surface area contributed by atoms with Crippen molar-refractivity contribution >= 4 is 12.0 Å². The fraction of sp³-hybridized carbons (Fsp3) is 0.857. The first-order chi connectivity index (χ1) is 8.86. The molecule has 0 radical (unpaired) electrons. The molecule has 0 aromatic carbocycles. The van der Waals surface area contributed by atoms with Gasteiger partial charge in [-0.3, -0.25) is 4.79 Å². The molecule has 1 rings (SSSR count). The standard InChI is InChI=1S/C14H26N2O3/c1-5-15(9-11(3)13(17)18)14(19)16-7-6-10(2)8-12(16)4/h10-12H,5-9H2,1-4H3,(H,17,18). The molecule has 5 nitrogen and oxygen atoms in total. The lowest BCUT2D eigenvalue weighted by Gasteiger charge is -2.39. The first kappa shape index (κ1) is 15.8. The van der Waals surface area contributed by atoms with Crippen LogP contribution in [0.5, 0.6) is 0 Å². The number of rotatable bonds is 4. The number of likely N-dealkylation sites (tertiary alicyclic amines) is 1. The van der Waals surface area contributed by atoms with Gasteiger partial charge >= 0.3 is 12.0 Å². The number of aliphatic carboxylic acids is 1. The Morgan fingerprint density at radius 2 is 2.05 bits per heavy atom. The first-order valence-electron chi connectivity index (χ1n) is 7.15. The summed E-state index contributed by atoms with van der Waals surface area (Å²) in [5.74, 6) is -0.721. The zero-order valence-corrected chi connectivity index (χ0v) is 12.4. The quantitative estimate of drug-likeness (QED) is 0.852. The maximum absolute atomic E-state index is 12.5. The summed E-state index contributed by atoms with van der Waals surface area (Å²) in [5.41, 5.74) is 0. The van der Waals surface area contributed by atoms with Crippen LogP contribution in [0.1, 0.15) is 40.5 Å². The third-order valence-corrected chi connectivity index (χ3v) is 3.95. The summed E-state index contributed by atoms with van der Waals surface area (Å²) in [5, 5.41) is 8.95. The van der Waals surface area contributed by atoms with Crippen LogP contribution in [0.15, 0.2) is 0 Å². The van der Waals surface area contributed by atoms with E-state index in [0.29, 0.717) is 12.5 Å². The number of carboxylic acids is 1. The van der Waals surface area contributed by atoms with Crippen molar-refractivity contribution in [2.75, 3.05) is 19.6 Å². The highest BCUT2D eigenvalue weighted by Crippen LogP contribution is 2.23. The Hall–Kier alpha value is -1.26. The van der Waals surface area contributed by atoms with Gasteiger partial charge in [-0.25, -0.2) is 4.79 Å². The molecule has 1 heterocycles. The molecule has 0 spiro atoms. The highest BCUT2D eigenvalue weighted by Gasteiger charge is 2.30. The summed E-state index contributed by atoms with van der Waals surface area (Å²) in [7, 11) is 0. The molecule has 0 saturated carbocycles. The van der Waals surface area contributed by atoms with Gasteiger partial charge in [-0.2, -0.15) is 0 Å². The minimum atomic E-state index is -0.855. The van der Waals surface area contributed by atoms with Crippen LogP contribution in [0.25, 0.3) is 0 Å². The van der Waals surface area contributed by atoms with Crippen molar-refractivity contribution in [3.63, 3.8) is 0 Å². The van der Waals surface area contributed by atoms with Crippen molar-refractivity contribution in [1.29, 1.82) is 0 Å². The van der Waals surface area contributed by atoms with Crippen LogP contribution in [-0.2, 0) is 4.79 Å². The average Bonchev–Trinajstić information content (AvgIpc) is 2.34. The summed E-state index contributed by atoms with van der Waals surface area (Å²) in [6.45, 7) is 9.42. The zero-order chi connectivity index (χ0) is 14.6. The molecular weight excluding hydrogens is 244 g/mol. The Bertz CT molecular complexity index is 333. The van der Waals surface area contributed by atoms with E-state index in [1.807, 2.05) is 11.8 Å². The molecule has 5 heteroatoms. The molecule has 2 amide bonds. The summed E-state index contributed by atoms with van der Waals surface area (Å²) >= 11 is 0. The van der Waals surface area contributed by atoms with E-state index in [1.54, 1.807) is 11.8 Å². The summed E-state index contributed by atoms with van der Waals surface area (Å²) < 4.78 is 0. The molecule has 1 aliphatic rings. The second-order valence-corrected chi connectivity index (χ2v) is 5.73. The molecule has 1 aliphatic heterocycles. The molecule has 0 aromatic heterocycles. The number of carbonyl (C=O) groups is 2. The van der Waals surface area contributed by atoms with Gasteiger partial charge in [-0.05, 0) is 32.6 Å². The van der Waals surface area contributed by atoms with Crippen molar-refractivity contribution in [2.45, 2.75) is 46.6 Å². The van der Waals surface area contributed by atoms with Gasteiger partial charge in [0.1, 0.15) is 0 Å². The van der Waals surface area contributed by atoms with Crippen molar-refractivity contribution in [1.82, 2.24) is 9.80 Å². The number of carbonyl (C=O) groups excluding carboxylic acids is 1. The van der Waals surface area contributed by atoms with Gasteiger partial charge in [0.2, 0.25) is 0 Å². The number of hydrogen-bond donors (Lipinski definition) is 1. The van der Waals surface area contributed by atoms with Gasteiger partial charge in [0.15, 0.2) is 0 Å². The molecule has 3 unspecified atom stereocenters. The molecule has 0 aliphatic carbocycles. The first-order valence-corrected chi connectivity index (χ1v) is 7.15.